The summed E-state index contributed by atoms with van der Waals surface area (Å²) in [6.45, 7) is 1.72. The van der Waals surface area contributed by atoms with Crippen LogP contribution < -0.4 is 10.1 Å². The SMILES string of the molecule is Cc1cc(O)c2c(c1)C(=O)c1c(c3cc4c(nccc14)NCC(O)C14CC5(CCCC5)C5C#CCC6CCCCC6(c6cnc[nH]6)c6cc(c([nH]6)C6=CC7(O3)OC3(C6=C1CC1(CCC6(CCCC6)C1)C3O)C(O)C(O)C7O)C54)C2=O. The van der Waals surface area contributed by atoms with E-state index in [-0.39, 0.29) is 63.0 Å². The number of fused-ring (bicyclic) bond motifs is 9. The Kier molecular flexibility index (Phi) is 9.66. The molecule has 2 aromatic carbocycles. The Hall–Kier alpha value is -6.12. The van der Waals surface area contributed by atoms with Crippen LogP contribution in [-0.2, 0) is 10.2 Å². The largest absolute Gasteiger partial charge is 0.507 e. The molecule has 13 unspecified atom stereocenters. The first-order valence-corrected chi connectivity index (χ1v) is 29.7. The molecular formula is C65H67N5O10. The van der Waals surface area contributed by atoms with Crippen molar-refractivity contribution in [1.29, 1.82) is 0 Å². The van der Waals surface area contributed by atoms with Gasteiger partial charge < -0.3 is 55.4 Å². The topological polar surface area (TPSA) is 243 Å². The van der Waals surface area contributed by atoms with E-state index in [1.54, 1.807) is 43.7 Å². The van der Waals surface area contributed by atoms with E-state index in [2.05, 4.69) is 38.2 Å². The Morgan fingerprint density at radius 1 is 0.812 bits per heavy atom. The number of benzene rings is 2. The second-order valence-corrected chi connectivity index (χ2v) is 27.1. The quantitative estimate of drug-likeness (QED) is 0.0706. The van der Waals surface area contributed by atoms with E-state index in [4.69, 9.17) is 14.5 Å². The van der Waals surface area contributed by atoms with Crippen molar-refractivity contribution in [3.63, 3.8) is 0 Å². The number of ether oxygens (including phenoxy) is 2. The second-order valence-electron chi connectivity index (χ2n) is 27.1. The van der Waals surface area contributed by atoms with Crippen LogP contribution in [0.1, 0.15) is 182 Å². The van der Waals surface area contributed by atoms with Crippen LogP contribution in [0.4, 0.5) is 5.82 Å². The van der Waals surface area contributed by atoms with E-state index in [0.717, 1.165) is 106 Å². The maximum Gasteiger partial charge on any atom is 0.261 e. The fourth-order valence-electron chi connectivity index (χ4n) is 20.5. The fourth-order valence-corrected chi connectivity index (χ4v) is 20.5. The molecule has 13 atom stereocenters. The number of aliphatic hydroxyl groups is 5. The van der Waals surface area contributed by atoms with Crippen molar-refractivity contribution in [3.8, 4) is 23.3 Å². The Balaban J connectivity index is 1.03. The van der Waals surface area contributed by atoms with Crippen LogP contribution in [0.25, 0.3) is 16.3 Å². The summed E-state index contributed by atoms with van der Waals surface area (Å²) in [7, 11) is 0. The Bertz CT molecular complexity index is 3740. The molecular weight excluding hydrogens is 1010 g/mol. The number of carbonyl (C=O) groups excluding carboxylic acids is 2. The first-order chi connectivity index (χ1) is 38.6. The number of nitrogens with one attached hydrogen (secondary N) is 3. The van der Waals surface area contributed by atoms with Crippen LogP contribution in [0.15, 0.2) is 66.3 Å². The van der Waals surface area contributed by atoms with Crippen LogP contribution in [0.2, 0.25) is 0 Å². The Morgan fingerprint density at radius 3 is 2.44 bits per heavy atom. The maximum absolute atomic E-state index is 15.4. The summed E-state index contributed by atoms with van der Waals surface area (Å²) in [5.74, 6) is 3.43. The molecule has 15 heteroatoms. The molecule has 9 N–H and O–H groups in total. The zero-order valence-electron chi connectivity index (χ0n) is 45.0. The minimum absolute atomic E-state index is 0.0134. The third-order valence-corrected chi connectivity index (χ3v) is 23.7. The van der Waals surface area contributed by atoms with Gasteiger partial charge in [0.2, 0.25) is 5.78 Å². The zero-order valence-corrected chi connectivity index (χ0v) is 45.0. The molecule has 9 aliphatic carbocycles. The molecule has 18 rings (SSSR count). The van der Waals surface area contributed by atoms with E-state index >= 15 is 9.59 Å². The van der Waals surface area contributed by atoms with Gasteiger partial charge in [-0.25, -0.2) is 9.97 Å². The number of rotatable bonds is 1. The zero-order chi connectivity index (χ0) is 54.3. The minimum Gasteiger partial charge on any atom is -0.507 e. The van der Waals surface area contributed by atoms with Gasteiger partial charge in [-0.05, 0) is 153 Å². The molecule has 5 aromatic rings. The summed E-state index contributed by atoms with van der Waals surface area (Å²) in [5.41, 5.74) is 0.365. The Labute approximate surface area is 462 Å². The standard InChI is InChI=1S/C65H67N5O10/c1-32-21-36-46(41(71)22-32)53(74)48-42-23-35-34(47(48)52(36)73)12-20-67-57(35)68-28-45(72)63-30-60(15-6-7-16-60)39-11-8-10-33-9-2-3-17-62(33,44-27-66-31-69-44)43-24-37(49(39)63)51(70-43)38-25-64(79-42)55(76)54(75)56(77)65(80-64)50(38)40(63)26-61(58(65)78)19-18-59(29-61)13-4-5-14-59/h12,20-25,27,31,33,39,45,49,54-56,58,70-72,75-78H,2-7,9-10,13-19,26,28-30H2,1H3,(H,66,69)(H,67,68). The fraction of sp³-hybridized carbons (Fsp3) is 0.538. The highest BCUT2D eigenvalue weighted by Crippen LogP contribution is 2.78. The number of aliphatic hydroxyl groups excluding tert-OH is 5. The Morgan fingerprint density at radius 2 is 1.62 bits per heavy atom. The van der Waals surface area contributed by atoms with E-state index < -0.39 is 75.6 Å². The highest BCUT2D eigenvalue weighted by Gasteiger charge is 2.78. The number of aromatic amines is 2. The van der Waals surface area contributed by atoms with Gasteiger partial charge in [0.1, 0.15) is 29.5 Å². The molecule has 7 heterocycles. The van der Waals surface area contributed by atoms with Gasteiger partial charge in [0.25, 0.3) is 5.79 Å². The summed E-state index contributed by atoms with van der Waals surface area (Å²) >= 11 is 0. The third kappa shape index (κ3) is 5.69. The summed E-state index contributed by atoms with van der Waals surface area (Å²) in [5, 5.41) is 84.2. The van der Waals surface area contributed by atoms with Gasteiger partial charge in [0.05, 0.1) is 35.1 Å². The average Bonchev–Trinajstić information content (AvgIpc) is 1.85. The number of nitrogens with zero attached hydrogens (tertiary/aromatic N) is 2. The average molecular weight is 1080 g/mol. The lowest BCUT2D eigenvalue weighted by Crippen LogP contribution is -2.79. The van der Waals surface area contributed by atoms with Gasteiger partial charge in [0.15, 0.2) is 17.5 Å². The molecule has 3 aromatic heterocycles. The number of carbonyl (C=O) groups is 2. The van der Waals surface area contributed by atoms with Crippen molar-refractivity contribution < 1.29 is 49.7 Å². The maximum atomic E-state index is 15.4. The normalized spacial score (nSPS) is 38.9. The molecule has 1 saturated heterocycles. The highest BCUT2D eigenvalue weighted by molar-refractivity contribution is 6.34. The van der Waals surface area contributed by atoms with Crippen LogP contribution in [0.5, 0.6) is 11.5 Å². The van der Waals surface area contributed by atoms with Gasteiger partial charge in [-0.2, -0.15) is 0 Å². The molecule has 412 valence electrons. The van der Waals surface area contributed by atoms with Gasteiger partial charge in [-0.3, -0.25) is 9.59 Å². The monoisotopic (exact) mass is 1080 g/mol. The predicted molar refractivity (Wildman–Crippen MR) is 293 cm³/mol. The first-order valence-electron chi connectivity index (χ1n) is 29.7. The van der Waals surface area contributed by atoms with Gasteiger partial charge in [0, 0.05) is 87.2 Å². The number of H-pyrrole nitrogens is 2. The summed E-state index contributed by atoms with van der Waals surface area (Å²) in [4.78, 5) is 47.9. The van der Waals surface area contributed by atoms with Gasteiger partial charge in [-0.1, -0.05) is 50.0 Å². The molecule has 0 radical (unpaired) electrons. The van der Waals surface area contributed by atoms with Crippen molar-refractivity contribution in [3.05, 3.63) is 117 Å². The van der Waals surface area contributed by atoms with Gasteiger partial charge in [-0.15, -0.1) is 5.92 Å². The summed E-state index contributed by atoms with van der Waals surface area (Å²) in [6.07, 6.45) is 13.8. The summed E-state index contributed by atoms with van der Waals surface area (Å²) < 4.78 is 15.0. The van der Waals surface area contributed by atoms with Crippen molar-refractivity contribution >= 4 is 33.7 Å². The van der Waals surface area contributed by atoms with Gasteiger partial charge >= 0.3 is 0 Å². The van der Waals surface area contributed by atoms with Crippen LogP contribution >= 0.6 is 0 Å². The molecule has 13 aliphatic rings. The number of anilines is 1. The number of aromatic hydroxyl groups is 1. The number of pyridine rings is 1. The van der Waals surface area contributed by atoms with Crippen molar-refractivity contribution in [2.75, 3.05) is 11.9 Å². The molecule has 5 saturated carbocycles. The first kappa shape index (κ1) is 48.6. The van der Waals surface area contributed by atoms with E-state index in [1.165, 1.54) is 6.07 Å². The molecule has 15 nitrogen and oxygen atoms in total. The summed E-state index contributed by atoms with van der Waals surface area (Å²) in [6, 6.07) is 8.61. The number of imidazole rings is 1. The molecule has 6 fully saturated rings. The van der Waals surface area contributed by atoms with E-state index in [0.29, 0.717) is 71.1 Å². The van der Waals surface area contributed by atoms with Crippen LogP contribution in [0.3, 0.4) is 0 Å². The lowest BCUT2D eigenvalue weighted by molar-refractivity contribution is -0.366. The number of aromatic nitrogens is 4. The van der Waals surface area contributed by atoms with Crippen LogP contribution in [0, 0.1) is 52.3 Å². The molecule has 6 spiro atoms. The van der Waals surface area contributed by atoms with Crippen molar-refractivity contribution in [2.45, 2.75) is 176 Å². The highest BCUT2D eigenvalue weighted by atomic mass is 16.7. The molecule has 80 heavy (non-hydrogen) atoms. The third-order valence-electron chi connectivity index (χ3n) is 23.7. The van der Waals surface area contributed by atoms with Crippen molar-refractivity contribution in [2.24, 2.45) is 33.5 Å². The number of hydrogen-bond acceptors (Lipinski definition) is 13. The predicted octanol–water partition coefficient (Wildman–Crippen LogP) is 8.23. The lowest BCUT2D eigenvalue weighted by atomic mass is 9.50. The van der Waals surface area contributed by atoms with Crippen LogP contribution in [-0.4, -0.2) is 111 Å². The number of phenolic OH excluding ortho intramolecular Hbond substituents is 1. The number of ketones is 2. The van der Waals surface area contributed by atoms with Crippen molar-refractivity contribution in [1.82, 2.24) is 19.9 Å². The second kappa shape index (κ2) is 15.9. The number of phenols is 1. The van der Waals surface area contributed by atoms with E-state index in [9.17, 15) is 30.6 Å². The molecule has 10 bridgehead atoms. The molecule has 4 aliphatic heterocycles. The number of hydrogen-bond donors (Lipinski definition) is 9. The van der Waals surface area contributed by atoms with E-state index in [1.807, 2.05) is 6.20 Å². The number of aryl methyl sites for hydroxylation is 1. The molecule has 0 amide bonds. The smallest absolute Gasteiger partial charge is 0.261 e. The minimum atomic E-state index is -2.48. The lowest BCUT2D eigenvalue weighted by Gasteiger charge is -2.64.